The van der Waals surface area contributed by atoms with Crippen LogP contribution in [0.15, 0.2) is 12.1 Å². The molecule has 0 spiro atoms. The highest BCUT2D eigenvalue weighted by atomic mass is 16.6. The van der Waals surface area contributed by atoms with Crippen molar-refractivity contribution >= 4 is 5.69 Å². The molecule has 0 heterocycles. The Morgan fingerprint density at radius 1 is 1.40 bits per heavy atom. The number of hydrogen-bond acceptors (Lipinski definition) is 5. The number of ether oxygens (including phenoxy) is 2. The third-order valence-corrected chi connectivity index (χ3v) is 2.01. The van der Waals surface area contributed by atoms with Crippen LogP contribution in [-0.2, 0) is 6.54 Å². The smallest absolute Gasteiger partial charge is 0.319 e. The molecule has 0 saturated carbocycles. The first-order chi connectivity index (χ1) is 7.15. The van der Waals surface area contributed by atoms with Crippen LogP contribution in [0.1, 0.15) is 5.56 Å². The second kappa shape index (κ2) is 4.61. The zero-order valence-electron chi connectivity index (χ0n) is 8.52. The van der Waals surface area contributed by atoms with Crippen molar-refractivity contribution in [2.75, 3.05) is 14.2 Å². The van der Waals surface area contributed by atoms with Crippen molar-refractivity contribution in [3.05, 3.63) is 27.8 Å². The van der Waals surface area contributed by atoms with Crippen LogP contribution in [-0.4, -0.2) is 19.1 Å². The molecule has 0 saturated heterocycles. The summed E-state index contributed by atoms with van der Waals surface area (Å²) in [6.45, 7) is 0.0800. The summed E-state index contributed by atoms with van der Waals surface area (Å²) in [5.74, 6) is 0.423. The Morgan fingerprint density at radius 3 is 2.47 bits per heavy atom. The molecule has 0 atom stereocenters. The Balaban J connectivity index is 3.44. The maximum absolute atomic E-state index is 10.8. The Morgan fingerprint density at radius 2 is 2.07 bits per heavy atom. The molecule has 2 N–H and O–H groups in total. The largest absolute Gasteiger partial charge is 0.493 e. The van der Waals surface area contributed by atoms with Crippen LogP contribution in [0, 0.1) is 10.1 Å². The molecule has 0 radical (unpaired) electrons. The number of rotatable bonds is 4. The SMILES string of the molecule is COc1ccc(CN)c([N+](=O)[O-])c1OC. The number of methoxy groups -OCH3 is 2. The van der Waals surface area contributed by atoms with E-state index in [-0.39, 0.29) is 18.0 Å². The lowest BCUT2D eigenvalue weighted by Gasteiger charge is -2.09. The predicted octanol–water partition coefficient (Wildman–Crippen LogP) is 1.07. The summed E-state index contributed by atoms with van der Waals surface area (Å²) in [5, 5.41) is 10.8. The van der Waals surface area contributed by atoms with Gasteiger partial charge < -0.3 is 15.2 Å². The van der Waals surface area contributed by atoms with Gasteiger partial charge in [-0.05, 0) is 12.1 Å². The van der Waals surface area contributed by atoms with Crippen molar-refractivity contribution in [2.45, 2.75) is 6.54 Å². The van der Waals surface area contributed by atoms with Gasteiger partial charge >= 0.3 is 5.69 Å². The van der Waals surface area contributed by atoms with Gasteiger partial charge in [0.05, 0.1) is 19.1 Å². The van der Waals surface area contributed by atoms with Crippen LogP contribution >= 0.6 is 0 Å². The summed E-state index contributed by atoms with van der Waals surface area (Å²) in [5.41, 5.74) is 5.68. The van der Waals surface area contributed by atoms with Crippen molar-refractivity contribution in [3.63, 3.8) is 0 Å². The van der Waals surface area contributed by atoms with E-state index < -0.39 is 4.92 Å². The molecule has 1 aromatic rings. The van der Waals surface area contributed by atoms with E-state index >= 15 is 0 Å². The first-order valence-electron chi connectivity index (χ1n) is 4.24. The zero-order chi connectivity index (χ0) is 11.4. The molecule has 6 heteroatoms. The highest BCUT2D eigenvalue weighted by Gasteiger charge is 2.23. The minimum absolute atomic E-state index is 0.0800. The second-order valence-corrected chi connectivity index (χ2v) is 2.77. The topological polar surface area (TPSA) is 87.6 Å². The van der Waals surface area contributed by atoms with Crippen LogP contribution in [0.2, 0.25) is 0 Å². The van der Waals surface area contributed by atoms with E-state index in [0.717, 1.165) is 0 Å². The zero-order valence-corrected chi connectivity index (χ0v) is 8.52. The van der Waals surface area contributed by atoms with E-state index in [1.54, 1.807) is 12.1 Å². The lowest BCUT2D eigenvalue weighted by molar-refractivity contribution is -0.386. The van der Waals surface area contributed by atoms with Gasteiger partial charge in [-0.25, -0.2) is 0 Å². The van der Waals surface area contributed by atoms with E-state index in [1.165, 1.54) is 14.2 Å². The lowest BCUT2D eigenvalue weighted by atomic mass is 10.1. The fraction of sp³-hybridized carbons (Fsp3) is 0.333. The Bertz CT molecular complexity index is 379. The van der Waals surface area contributed by atoms with Crippen LogP contribution in [0.3, 0.4) is 0 Å². The number of nitro benzene ring substituents is 1. The Hall–Kier alpha value is -1.82. The normalized spacial score (nSPS) is 9.80. The molecule has 1 aromatic carbocycles. The van der Waals surface area contributed by atoms with Crippen LogP contribution < -0.4 is 15.2 Å². The Labute approximate surface area is 86.7 Å². The maximum atomic E-state index is 10.8. The molecular formula is C9H12N2O4. The quantitative estimate of drug-likeness (QED) is 0.595. The average molecular weight is 212 g/mol. The molecule has 0 amide bonds. The van der Waals surface area contributed by atoms with E-state index in [4.69, 9.17) is 15.2 Å². The molecule has 0 fully saturated rings. The van der Waals surface area contributed by atoms with Gasteiger partial charge in [0.25, 0.3) is 0 Å². The summed E-state index contributed by atoms with van der Waals surface area (Å²) in [7, 11) is 2.77. The van der Waals surface area contributed by atoms with Crippen molar-refractivity contribution < 1.29 is 14.4 Å². The summed E-state index contributed by atoms with van der Waals surface area (Å²) in [6.07, 6.45) is 0. The molecule has 0 bridgehead atoms. The standard InChI is InChI=1S/C9H12N2O4/c1-14-7-4-3-6(5-10)8(11(12)13)9(7)15-2/h3-4H,5,10H2,1-2H3. The minimum atomic E-state index is -0.524. The van der Waals surface area contributed by atoms with Crippen LogP contribution in [0.4, 0.5) is 5.69 Å². The van der Waals surface area contributed by atoms with E-state index in [9.17, 15) is 10.1 Å². The van der Waals surface area contributed by atoms with Gasteiger partial charge in [0.2, 0.25) is 5.75 Å². The minimum Gasteiger partial charge on any atom is -0.493 e. The molecular weight excluding hydrogens is 200 g/mol. The van der Waals surface area contributed by atoms with E-state index in [1.807, 2.05) is 0 Å². The number of nitrogens with zero attached hydrogens (tertiary/aromatic N) is 1. The first-order valence-corrected chi connectivity index (χ1v) is 4.24. The molecule has 0 aliphatic rings. The Kier molecular flexibility index (Phi) is 3.46. The van der Waals surface area contributed by atoms with Crippen molar-refractivity contribution in [2.24, 2.45) is 5.73 Å². The number of hydrogen-bond donors (Lipinski definition) is 1. The predicted molar refractivity (Wildman–Crippen MR) is 54.1 cm³/mol. The molecule has 82 valence electrons. The fourth-order valence-electron chi connectivity index (χ4n) is 1.32. The number of benzene rings is 1. The second-order valence-electron chi connectivity index (χ2n) is 2.77. The summed E-state index contributed by atoms with van der Waals surface area (Å²) in [6, 6.07) is 3.15. The summed E-state index contributed by atoms with van der Waals surface area (Å²) in [4.78, 5) is 10.3. The highest BCUT2D eigenvalue weighted by Crippen LogP contribution is 2.39. The van der Waals surface area contributed by atoms with Crippen molar-refractivity contribution in [1.82, 2.24) is 0 Å². The van der Waals surface area contributed by atoms with Gasteiger partial charge in [-0.2, -0.15) is 0 Å². The fourth-order valence-corrected chi connectivity index (χ4v) is 1.32. The monoisotopic (exact) mass is 212 g/mol. The van der Waals surface area contributed by atoms with Gasteiger partial charge in [0.1, 0.15) is 0 Å². The molecule has 0 aromatic heterocycles. The van der Waals surface area contributed by atoms with Gasteiger partial charge in [-0.3, -0.25) is 10.1 Å². The van der Waals surface area contributed by atoms with Crippen LogP contribution in [0.25, 0.3) is 0 Å². The third-order valence-electron chi connectivity index (χ3n) is 2.01. The molecule has 0 aliphatic heterocycles. The van der Waals surface area contributed by atoms with Crippen LogP contribution in [0.5, 0.6) is 11.5 Å². The number of nitrogens with two attached hydrogens (primary N) is 1. The molecule has 6 nitrogen and oxygen atoms in total. The average Bonchev–Trinajstić information content (AvgIpc) is 2.26. The van der Waals surface area contributed by atoms with E-state index in [2.05, 4.69) is 0 Å². The number of nitro groups is 1. The van der Waals surface area contributed by atoms with Crippen molar-refractivity contribution in [3.8, 4) is 11.5 Å². The van der Waals surface area contributed by atoms with Gasteiger partial charge in [0.15, 0.2) is 5.75 Å². The maximum Gasteiger partial charge on any atom is 0.319 e. The van der Waals surface area contributed by atoms with Gasteiger partial charge in [-0.1, -0.05) is 0 Å². The van der Waals surface area contributed by atoms with E-state index in [0.29, 0.717) is 11.3 Å². The summed E-state index contributed by atoms with van der Waals surface area (Å²) < 4.78 is 9.91. The highest BCUT2D eigenvalue weighted by molar-refractivity contribution is 5.60. The molecule has 0 aliphatic carbocycles. The van der Waals surface area contributed by atoms with Crippen molar-refractivity contribution in [1.29, 1.82) is 0 Å². The summed E-state index contributed by atoms with van der Waals surface area (Å²) >= 11 is 0. The van der Waals surface area contributed by atoms with Gasteiger partial charge in [-0.15, -0.1) is 0 Å². The molecule has 15 heavy (non-hydrogen) atoms. The first kappa shape index (κ1) is 11.3. The van der Waals surface area contributed by atoms with Gasteiger partial charge in [0, 0.05) is 12.1 Å². The molecule has 1 rings (SSSR count). The molecule has 0 unspecified atom stereocenters. The third kappa shape index (κ3) is 1.99. The lowest BCUT2D eigenvalue weighted by Crippen LogP contribution is -2.04.